The molecule has 0 spiro atoms. The zero-order chi connectivity index (χ0) is 21.3. The van der Waals surface area contributed by atoms with Gasteiger partial charge in [-0.15, -0.1) is 0 Å². The first-order valence-electron chi connectivity index (χ1n) is 10.0. The number of ether oxygens (including phenoxy) is 1. The van der Waals surface area contributed by atoms with E-state index in [0.29, 0.717) is 42.9 Å². The molecular weight excluding hydrogens is 395 g/mol. The maximum atomic E-state index is 12.7. The van der Waals surface area contributed by atoms with Crippen molar-refractivity contribution in [3.05, 3.63) is 64.7 Å². The molecule has 2 aromatic carbocycles. The summed E-state index contributed by atoms with van der Waals surface area (Å²) in [7, 11) is 0. The van der Waals surface area contributed by atoms with Crippen LogP contribution in [-0.4, -0.2) is 42.7 Å². The number of rotatable bonds is 5. The van der Waals surface area contributed by atoms with Crippen molar-refractivity contribution in [1.29, 1.82) is 0 Å². The lowest BCUT2D eigenvalue weighted by atomic mass is 9.97. The molecule has 0 aromatic heterocycles. The zero-order valence-electron chi connectivity index (χ0n) is 16.4. The van der Waals surface area contributed by atoms with E-state index in [1.807, 2.05) is 0 Å². The number of likely N-dealkylation sites (tertiary alicyclic amines) is 1. The Kier molecular flexibility index (Phi) is 5.64. The van der Waals surface area contributed by atoms with Gasteiger partial charge in [-0.05, 0) is 54.8 Å². The number of fused-ring (bicyclic) bond motifs is 1. The fourth-order valence-electron chi connectivity index (χ4n) is 4.09. The van der Waals surface area contributed by atoms with Crippen molar-refractivity contribution >= 4 is 11.6 Å². The number of hydrogen-bond acceptors (Lipinski definition) is 4. The van der Waals surface area contributed by atoms with Crippen LogP contribution in [0.5, 0.6) is 5.75 Å². The van der Waals surface area contributed by atoms with Crippen LogP contribution >= 0.6 is 0 Å². The molecular formula is C23H22F3NO3. The Balaban J connectivity index is 1.32. The zero-order valence-corrected chi connectivity index (χ0v) is 16.4. The van der Waals surface area contributed by atoms with Gasteiger partial charge in [0.1, 0.15) is 5.75 Å². The highest BCUT2D eigenvalue weighted by atomic mass is 19.4. The van der Waals surface area contributed by atoms with Crippen LogP contribution in [0, 0.1) is 0 Å². The first-order valence-corrected chi connectivity index (χ1v) is 10.0. The summed E-state index contributed by atoms with van der Waals surface area (Å²) in [5.41, 5.74) is 1.23. The van der Waals surface area contributed by atoms with Crippen LogP contribution in [-0.2, 0) is 6.18 Å². The second kappa shape index (κ2) is 8.22. The molecule has 2 heterocycles. The number of carbonyl (C=O) groups is 2. The number of nitrogens with zero attached hydrogens (tertiary/aromatic N) is 1. The molecule has 0 saturated carbocycles. The summed E-state index contributed by atoms with van der Waals surface area (Å²) in [6.45, 7) is 2.47. The molecule has 1 unspecified atom stereocenters. The molecule has 0 N–H and O–H groups in total. The Morgan fingerprint density at radius 2 is 1.90 bits per heavy atom. The van der Waals surface area contributed by atoms with E-state index >= 15 is 0 Å². The smallest absolute Gasteiger partial charge is 0.416 e. The van der Waals surface area contributed by atoms with Crippen LogP contribution < -0.4 is 4.74 Å². The maximum absolute atomic E-state index is 12.7. The number of ketones is 2. The predicted octanol–water partition coefficient (Wildman–Crippen LogP) is 4.73. The van der Waals surface area contributed by atoms with Gasteiger partial charge in [0.05, 0.1) is 17.7 Å². The minimum absolute atomic E-state index is 0.00942. The summed E-state index contributed by atoms with van der Waals surface area (Å²) >= 11 is 0. The van der Waals surface area contributed by atoms with Crippen LogP contribution in [0.4, 0.5) is 13.2 Å². The number of Topliss-reactive ketones (excluding diaryl/α,β-unsaturated/α-hetero) is 2. The number of carbonyl (C=O) groups excluding carboxylic acids is 2. The molecule has 0 aliphatic carbocycles. The Morgan fingerprint density at radius 1 is 1.13 bits per heavy atom. The molecule has 4 rings (SSSR count). The Bertz CT molecular complexity index is 953. The monoisotopic (exact) mass is 417 g/mol. The Morgan fingerprint density at radius 3 is 2.63 bits per heavy atom. The highest BCUT2D eigenvalue weighted by Gasteiger charge is 2.31. The topological polar surface area (TPSA) is 46.6 Å². The van der Waals surface area contributed by atoms with Crippen molar-refractivity contribution in [3.63, 3.8) is 0 Å². The maximum Gasteiger partial charge on any atom is 0.416 e. The lowest BCUT2D eigenvalue weighted by Crippen LogP contribution is -2.24. The van der Waals surface area contributed by atoms with Gasteiger partial charge in [0.25, 0.3) is 0 Å². The third kappa shape index (κ3) is 4.41. The molecule has 2 aliphatic rings. The van der Waals surface area contributed by atoms with Gasteiger partial charge < -0.3 is 9.64 Å². The average Bonchev–Trinajstić information content (AvgIpc) is 3.21. The summed E-state index contributed by atoms with van der Waals surface area (Å²) in [5, 5.41) is 0. The standard InChI is InChI=1S/C23H22F3NO3/c24-23(25,26)18-4-1-15(2-5-18)17-7-10-27(14-17)11-8-20(28)16-3-6-22-19(13-16)21(29)9-12-30-22/h1-6,13,17H,7-12,14H2. The third-order valence-electron chi connectivity index (χ3n) is 5.83. The normalized spacial score (nSPS) is 19.4. The van der Waals surface area contributed by atoms with E-state index in [4.69, 9.17) is 4.74 Å². The molecule has 0 amide bonds. The first-order chi connectivity index (χ1) is 14.3. The van der Waals surface area contributed by atoms with Crippen LogP contribution in [0.2, 0.25) is 0 Å². The van der Waals surface area contributed by atoms with Gasteiger partial charge in [-0.3, -0.25) is 9.59 Å². The van der Waals surface area contributed by atoms with Crippen LogP contribution in [0.3, 0.4) is 0 Å². The molecule has 30 heavy (non-hydrogen) atoms. The van der Waals surface area contributed by atoms with Gasteiger partial charge in [-0.2, -0.15) is 13.2 Å². The molecule has 2 aliphatic heterocycles. The van der Waals surface area contributed by atoms with Gasteiger partial charge in [0, 0.05) is 31.5 Å². The van der Waals surface area contributed by atoms with Crippen molar-refractivity contribution in [2.45, 2.75) is 31.4 Å². The fourth-order valence-corrected chi connectivity index (χ4v) is 4.09. The lowest BCUT2D eigenvalue weighted by Gasteiger charge is -2.18. The summed E-state index contributed by atoms with van der Waals surface area (Å²) in [4.78, 5) is 26.8. The third-order valence-corrected chi connectivity index (χ3v) is 5.83. The number of halogens is 3. The summed E-state index contributed by atoms with van der Waals surface area (Å²) in [5.74, 6) is 0.654. The second-order valence-electron chi connectivity index (χ2n) is 7.81. The van der Waals surface area contributed by atoms with Crippen molar-refractivity contribution in [2.75, 3.05) is 26.2 Å². The summed E-state index contributed by atoms with van der Waals surface area (Å²) < 4.78 is 43.6. The van der Waals surface area contributed by atoms with E-state index in [0.717, 1.165) is 37.2 Å². The second-order valence-corrected chi connectivity index (χ2v) is 7.81. The largest absolute Gasteiger partial charge is 0.492 e. The Hall–Kier alpha value is -2.67. The van der Waals surface area contributed by atoms with Gasteiger partial charge in [-0.25, -0.2) is 0 Å². The average molecular weight is 417 g/mol. The van der Waals surface area contributed by atoms with E-state index in [1.165, 1.54) is 0 Å². The van der Waals surface area contributed by atoms with E-state index in [1.54, 1.807) is 30.3 Å². The molecule has 7 heteroatoms. The number of alkyl halides is 3. The summed E-state index contributed by atoms with van der Waals surface area (Å²) in [6.07, 6.45) is -2.82. The minimum atomic E-state index is -4.33. The minimum Gasteiger partial charge on any atom is -0.492 e. The molecule has 2 aromatic rings. The van der Waals surface area contributed by atoms with E-state index in [9.17, 15) is 22.8 Å². The molecule has 1 saturated heterocycles. The van der Waals surface area contributed by atoms with Gasteiger partial charge in [0.2, 0.25) is 0 Å². The van der Waals surface area contributed by atoms with Crippen molar-refractivity contribution in [1.82, 2.24) is 4.90 Å². The molecule has 1 atom stereocenters. The SMILES string of the molecule is O=C(CCN1CCC(c2ccc(C(F)(F)F)cc2)C1)c1ccc2c(c1)C(=O)CCO2. The lowest BCUT2D eigenvalue weighted by molar-refractivity contribution is -0.137. The molecule has 0 bridgehead atoms. The Labute approximate surface area is 172 Å². The van der Waals surface area contributed by atoms with E-state index in [2.05, 4.69) is 4.90 Å². The highest BCUT2D eigenvalue weighted by molar-refractivity contribution is 6.03. The summed E-state index contributed by atoms with van der Waals surface area (Å²) in [6, 6.07) is 10.3. The predicted molar refractivity (Wildman–Crippen MR) is 105 cm³/mol. The van der Waals surface area contributed by atoms with Crippen LogP contribution in [0.1, 0.15) is 57.0 Å². The molecule has 4 nitrogen and oxygen atoms in total. The van der Waals surface area contributed by atoms with Crippen molar-refractivity contribution in [2.24, 2.45) is 0 Å². The van der Waals surface area contributed by atoms with Gasteiger partial charge in [-0.1, -0.05) is 12.1 Å². The van der Waals surface area contributed by atoms with E-state index in [-0.39, 0.29) is 17.5 Å². The highest BCUT2D eigenvalue weighted by Crippen LogP contribution is 2.32. The molecule has 158 valence electrons. The molecule has 0 radical (unpaired) electrons. The number of hydrogen-bond donors (Lipinski definition) is 0. The molecule has 1 fully saturated rings. The fraction of sp³-hybridized carbons (Fsp3) is 0.391. The van der Waals surface area contributed by atoms with Gasteiger partial charge in [0.15, 0.2) is 11.6 Å². The van der Waals surface area contributed by atoms with Gasteiger partial charge >= 0.3 is 6.18 Å². The first kappa shape index (κ1) is 20.6. The number of benzene rings is 2. The van der Waals surface area contributed by atoms with E-state index < -0.39 is 11.7 Å². The van der Waals surface area contributed by atoms with Crippen molar-refractivity contribution < 1.29 is 27.5 Å². The van der Waals surface area contributed by atoms with Crippen LogP contribution in [0.25, 0.3) is 0 Å². The van der Waals surface area contributed by atoms with Crippen LogP contribution in [0.15, 0.2) is 42.5 Å². The quantitative estimate of drug-likeness (QED) is 0.660. The van der Waals surface area contributed by atoms with Crippen molar-refractivity contribution in [3.8, 4) is 5.75 Å².